The van der Waals surface area contributed by atoms with Gasteiger partial charge in [-0.1, -0.05) is 0 Å². The standard InChI is InChI=1S/C17H18F2N2O3S/c1-12-2-3-16(11-20-12)24-15-4-6-21(7-5-15)25(22,23)17-9-13(18)8-14(19)10-17/h2-3,8-11,15H,4-7H2,1H3. The number of sulfonamides is 1. The molecular weight excluding hydrogens is 350 g/mol. The van der Waals surface area contributed by atoms with E-state index in [1.807, 2.05) is 19.1 Å². The molecule has 1 saturated heterocycles. The third kappa shape index (κ3) is 4.13. The maximum Gasteiger partial charge on any atom is 0.243 e. The van der Waals surface area contributed by atoms with Gasteiger partial charge in [-0.05, 0) is 44.0 Å². The lowest BCUT2D eigenvalue weighted by Crippen LogP contribution is -2.41. The van der Waals surface area contributed by atoms with E-state index in [4.69, 9.17) is 4.74 Å². The van der Waals surface area contributed by atoms with Crippen LogP contribution in [0.5, 0.6) is 5.75 Å². The Morgan fingerprint density at radius 2 is 1.76 bits per heavy atom. The highest BCUT2D eigenvalue weighted by Crippen LogP contribution is 2.24. The molecule has 134 valence electrons. The molecule has 25 heavy (non-hydrogen) atoms. The lowest BCUT2D eigenvalue weighted by molar-refractivity contribution is 0.134. The summed E-state index contributed by atoms with van der Waals surface area (Å²) in [7, 11) is -3.92. The zero-order chi connectivity index (χ0) is 18.0. The molecule has 2 aromatic rings. The lowest BCUT2D eigenvalue weighted by atomic mass is 10.1. The van der Waals surface area contributed by atoms with Crippen molar-refractivity contribution in [3.8, 4) is 5.75 Å². The van der Waals surface area contributed by atoms with Crippen LogP contribution in [0, 0.1) is 18.6 Å². The van der Waals surface area contributed by atoms with Crippen molar-refractivity contribution in [2.24, 2.45) is 0 Å². The van der Waals surface area contributed by atoms with Crippen LogP contribution in [-0.4, -0.2) is 36.9 Å². The van der Waals surface area contributed by atoms with E-state index in [0.29, 0.717) is 24.7 Å². The third-order valence-corrected chi connectivity index (χ3v) is 5.94. The number of nitrogens with zero attached hydrogens (tertiary/aromatic N) is 2. The molecule has 2 heterocycles. The summed E-state index contributed by atoms with van der Waals surface area (Å²) in [5, 5.41) is 0. The van der Waals surface area contributed by atoms with Gasteiger partial charge in [-0.3, -0.25) is 4.98 Å². The molecule has 0 bridgehead atoms. The van der Waals surface area contributed by atoms with Gasteiger partial charge in [-0.2, -0.15) is 4.31 Å². The van der Waals surface area contributed by atoms with Crippen LogP contribution < -0.4 is 4.74 Å². The van der Waals surface area contributed by atoms with Crippen LogP contribution in [0.1, 0.15) is 18.5 Å². The number of rotatable bonds is 4. The number of aryl methyl sites for hydroxylation is 1. The summed E-state index contributed by atoms with van der Waals surface area (Å²) in [6, 6.07) is 5.97. The van der Waals surface area contributed by atoms with Crippen molar-refractivity contribution >= 4 is 10.0 Å². The second kappa shape index (κ2) is 7.05. The van der Waals surface area contributed by atoms with Crippen molar-refractivity contribution < 1.29 is 21.9 Å². The van der Waals surface area contributed by atoms with E-state index in [1.54, 1.807) is 6.20 Å². The van der Waals surface area contributed by atoms with Crippen LogP contribution in [0.25, 0.3) is 0 Å². The maximum absolute atomic E-state index is 13.3. The Morgan fingerprint density at radius 1 is 1.12 bits per heavy atom. The Hall–Kier alpha value is -2.06. The first-order chi connectivity index (χ1) is 11.8. The van der Waals surface area contributed by atoms with Crippen LogP contribution in [0.3, 0.4) is 0 Å². The average molecular weight is 368 g/mol. The highest BCUT2D eigenvalue weighted by Gasteiger charge is 2.30. The molecule has 0 amide bonds. The van der Waals surface area contributed by atoms with Gasteiger partial charge in [0.05, 0.1) is 11.1 Å². The predicted octanol–water partition coefficient (Wildman–Crippen LogP) is 2.90. The Balaban J connectivity index is 1.65. The van der Waals surface area contributed by atoms with Gasteiger partial charge in [0.15, 0.2) is 0 Å². The number of ether oxygens (including phenoxy) is 1. The van der Waals surface area contributed by atoms with E-state index in [9.17, 15) is 17.2 Å². The number of hydrogen-bond donors (Lipinski definition) is 0. The Bertz CT molecular complexity index is 828. The van der Waals surface area contributed by atoms with Crippen molar-refractivity contribution in [2.75, 3.05) is 13.1 Å². The normalized spacial score (nSPS) is 16.8. The molecule has 0 unspecified atom stereocenters. The fourth-order valence-electron chi connectivity index (χ4n) is 2.73. The Kier molecular flexibility index (Phi) is 5.01. The molecule has 0 atom stereocenters. The summed E-state index contributed by atoms with van der Waals surface area (Å²) in [5.41, 5.74) is 0.885. The average Bonchev–Trinajstić information content (AvgIpc) is 2.57. The topological polar surface area (TPSA) is 59.5 Å². The molecule has 5 nitrogen and oxygen atoms in total. The van der Waals surface area contributed by atoms with Crippen molar-refractivity contribution in [3.63, 3.8) is 0 Å². The maximum atomic E-state index is 13.3. The smallest absolute Gasteiger partial charge is 0.243 e. The number of halogens is 2. The number of pyridine rings is 1. The molecule has 1 aromatic carbocycles. The highest BCUT2D eigenvalue weighted by atomic mass is 32.2. The number of benzene rings is 1. The minimum atomic E-state index is -3.92. The lowest BCUT2D eigenvalue weighted by Gasteiger charge is -2.31. The molecule has 1 fully saturated rings. The van der Waals surface area contributed by atoms with Gasteiger partial charge in [0.2, 0.25) is 10.0 Å². The minimum absolute atomic E-state index is 0.125. The fourth-order valence-corrected chi connectivity index (χ4v) is 4.25. The van der Waals surface area contributed by atoms with Gasteiger partial charge in [0.25, 0.3) is 0 Å². The Labute approximate surface area is 145 Å². The van der Waals surface area contributed by atoms with Crippen LogP contribution in [0.4, 0.5) is 8.78 Å². The number of hydrogen-bond acceptors (Lipinski definition) is 4. The van der Waals surface area contributed by atoms with Gasteiger partial charge in [-0.15, -0.1) is 0 Å². The molecule has 8 heteroatoms. The molecule has 1 aliphatic heterocycles. The van der Waals surface area contributed by atoms with Crippen molar-refractivity contribution in [3.05, 3.63) is 53.9 Å². The van der Waals surface area contributed by atoms with E-state index >= 15 is 0 Å². The molecule has 0 aliphatic carbocycles. The van der Waals surface area contributed by atoms with Crippen molar-refractivity contribution in [2.45, 2.75) is 30.8 Å². The molecule has 1 aliphatic rings. The summed E-state index contributed by atoms with van der Waals surface area (Å²) >= 11 is 0. The zero-order valence-electron chi connectivity index (χ0n) is 13.7. The first kappa shape index (κ1) is 17.8. The van der Waals surface area contributed by atoms with Crippen LogP contribution in [0.15, 0.2) is 41.4 Å². The molecule has 1 aromatic heterocycles. The molecular formula is C17H18F2N2O3S. The van der Waals surface area contributed by atoms with E-state index in [-0.39, 0.29) is 24.1 Å². The van der Waals surface area contributed by atoms with Crippen LogP contribution in [-0.2, 0) is 10.0 Å². The first-order valence-corrected chi connectivity index (χ1v) is 9.34. The van der Waals surface area contributed by atoms with Gasteiger partial charge in [0.1, 0.15) is 23.5 Å². The minimum Gasteiger partial charge on any atom is -0.489 e. The summed E-state index contributed by atoms with van der Waals surface area (Å²) in [5.74, 6) is -1.19. The predicted molar refractivity (Wildman–Crippen MR) is 87.7 cm³/mol. The van der Waals surface area contributed by atoms with Crippen molar-refractivity contribution in [1.29, 1.82) is 0 Å². The number of piperidine rings is 1. The van der Waals surface area contributed by atoms with E-state index in [2.05, 4.69) is 4.98 Å². The van der Waals surface area contributed by atoms with Crippen LogP contribution >= 0.6 is 0 Å². The van der Waals surface area contributed by atoms with E-state index in [0.717, 1.165) is 17.8 Å². The second-order valence-corrected chi connectivity index (χ2v) is 7.90. The van der Waals surface area contributed by atoms with Gasteiger partial charge in [-0.25, -0.2) is 17.2 Å². The van der Waals surface area contributed by atoms with Gasteiger partial charge < -0.3 is 4.74 Å². The van der Waals surface area contributed by atoms with E-state index in [1.165, 1.54) is 4.31 Å². The molecule has 0 radical (unpaired) electrons. The zero-order valence-corrected chi connectivity index (χ0v) is 14.5. The first-order valence-electron chi connectivity index (χ1n) is 7.90. The summed E-state index contributed by atoms with van der Waals surface area (Å²) < 4.78 is 58.7. The van der Waals surface area contributed by atoms with Crippen LogP contribution in [0.2, 0.25) is 0 Å². The molecule has 0 spiro atoms. The third-order valence-electron chi connectivity index (χ3n) is 4.06. The van der Waals surface area contributed by atoms with Gasteiger partial charge >= 0.3 is 0 Å². The van der Waals surface area contributed by atoms with Crippen molar-refractivity contribution in [1.82, 2.24) is 9.29 Å². The second-order valence-electron chi connectivity index (χ2n) is 5.96. The quantitative estimate of drug-likeness (QED) is 0.833. The summed E-state index contributed by atoms with van der Waals surface area (Å²) in [6.45, 7) is 2.33. The number of aromatic nitrogens is 1. The fraction of sp³-hybridized carbons (Fsp3) is 0.353. The van der Waals surface area contributed by atoms with Gasteiger partial charge in [0, 0.05) is 24.8 Å². The molecule has 3 rings (SSSR count). The summed E-state index contributed by atoms with van der Waals surface area (Å²) in [6.07, 6.45) is 2.49. The summed E-state index contributed by atoms with van der Waals surface area (Å²) in [4.78, 5) is 3.78. The SMILES string of the molecule is Cc1ccc(OC2CCN(S(=O)(=O)c3cc(F)cc(F)c3)CC2)cn1. The molecule has 0 saturated carbocycles. The monoisotopic (exact) mass is 368 g/mol. The molecule has 0 N–H and O–H groups in total. The Morgan fingerprint density at radius 3 is 2.32 bits per heavy atom. The van der Waals surface area contributed by atoms with E-state index < -0.39 is 21.7 Å². The highest BCUT2D eigenvalue weighted by molar-refractivity contribution is 7.89. The largest absolute Gasteiger partial charge is 0.489 e.